The zero-order valence-electron chi connectivity index (χ0n) is 9.41. The van der Waals surface area contributed by atoms with Gasteiger partial charge in [0.1, 0.15) is 0 Å². The number of hydrogen-bond acceptors (Lipinski definition) is 2. The summed E-state index contributed by atoms with van der Waals surface area (Å²) in [4.78, 5) is 2.36. The molecule has 0 aromatic heterocycles. The second-order valence-corrected chi connectivity index (χ2v) is 4.63. The first-order chi connectivity index (χ1) is 6.76. The van der Waals surface area contributed by atoms with Crippen LogP contribution in [0.3, 0.4) is 0 Å². The summed E-state index contributed by atoms with van der Waals surface area (Å²) in [6.07, 6.45) is 7.38. The Bertz CT molecular complexity index is 160. The molecule has 0 aromatic carbocycles. The van der Waals surface area contributed by atoms with E-state index in [0.29, 0.717) is 0 Å². The van der Waals surface area contributed by atoms with Gasteiger partial charge in [-0.1, -0.05) is 6.08 Å². The summed E-state index contributed by atoms with van der Waals surface area (Å²) in [6, 6.07) is 0. The van der Waals surface area contributed by atoms with E-state index in [1.807, 2.05) is 6.08 Å². The second kappa shape index (κ2) is 6.20. The van der Waals surface area contributed by atoms with E-state index in [4.69, 9.17) is 5.73 Å². The summed E-state index contributed by atoms with van der Waals surface area (Å²) >= 11 is 0. The number of nitrogens with two attached hydrogens (primary N) is 1. The molecule has 82 valence electrons. The van der Waals surface area contributed by atoms with Gasteiger partial charge in [0, 0.05) is 13.1 Å². The number of hydrogen-bond donors (Lipinski definition) is 1. The Morgan fingerprint density at radius 3 is 2.36 bits per heavy atom. The highest BCUT2D eigenvalue weighted by Crippen LogP contribution is 2.28. The lowest BCUT2D eigenvalue weighted by Gasteiger charge is -2.30. The molecule has 1 saturated carbocycles. The third-order valence-electron chi connectivity index (χ3n) is 3.31. The van der Waals surface area contributed by atoms with Crippen molar-refractivity contribution in [3.63, 3.8) is 0 Å². The quantitative estimate of drug-likeness (QED) is 0.680. The molecule has 0 spiro atoms. The van der Waals surface area contributed by atoms with E-state index in [0.717, 1.165) is 24.9 Å². The minimum atomic E-state index is 0.802. The van der Waals surface area contributed by atoms with Gasteiger partial charge in [0.15, 0.2) is 0 Å². The molecule has 1 rings (SSSR count). The molecule has 0 unspecified atom stereocenters. The van der Waals surface area contributed by atoms with E-state index in [1.54, 1.807) is 0 Å². The Labute approximate surface area is 88.2 Å². The molecule has 1 fully saturated rings. The van der Waals surface area contributed by atoms with Crippen LogP contribution in [0.4, 0.5) is 0 Å². The van der Waals surface area contributed by atoms with Crippen molar-refractivity contribution in [2.45, 2.75) is 25.7 Å². The van der Waals surface area contributed by atoms with Gasteiger partial charge in [-0.05, 0) is 51.1 Å². The van der Waals surface area contributed by atoms with Crippen molar-refractivity contribution in [2.75, 3.05) is 26.7 Å². The Morgan fingerprint density at radius 1 is 1.29 bits per heavy atom. The van der Waals surface area contributed by atoms with Gasteiger partial charge in [0.2, 0.25) is 0 Å². The van der Waals surface area contributed by atoms with Gasteiger partial charge in [-0.3, -0.25) is 0 Å². The average Bonchev–Trinajstić information content (AvgIpc) is 2.19. The highest BCUT2D eigenvalue weighted by molar-refractivity contribution is 4.77. The molecule has 0 aromatic rings. The Balaban J connectivity index is 2.18. The van der Waals surface area contributed by atoms with Crippen LogP contribution in [0, 0.1) is 11.8 Å². The lowest BCUT2D eigenvalue weighted by molar-refractivity contribution is 0.216. The van der Waals surface area contributed by atoms with Gasteiger partial charge < -0.3 is 10.6 Å². The third-order valence-corrected chi connectivity index (χ3v) is 3.31. The van der Waals surface area contributed by atoms with Crippen LogP contribution in [0.15, 0.2) is 12.7 Å². The van der Waals surface area contributed by atoms with E-state index in [9.17, 15) is 0 Å². The van der Waals surface area contributed by atoms with E-state index >= 15 is 0 Å². The minimum absolute atomic E-state index is 0.802. The summed E-state index contributed by atoms with van der Waals surface area (Å²) in [6.45, 7) is 6.88. The molecule has 0 bridgehead atoms. The van der Waals surface area contributed by atoms with Crippen LogP contribution < -0.4 is 5.73 Å². The zero-order valence-corrected chi connectivity index (χ0v) is 9.41. The first kappa shape index (κ1) is 11.7. The number of rotatable bonds is 5. The summed E-state index contributed by atoms with van der Waals surface area (Å²) in [5.41, 5.74) is 5.67. The van der Waals surface area contributed by atoms with Gasteiger partial charge in [-0.2, -0.15) is 0 Å². The topological polar surface area (TPSA) is 29.3 Å². The predicted octanol–water partition coefficient (Wildman–Crippen LogP) is 1.87. The molecule has 0 amide bonds. The van der Waals surface area contributed by atoms with Crippen molar-refractivity contribution < 1.29 is 0 Å². The van der Waals surface area contributed by atoms with Gasteiger partial charge in [-0.25, -0.2) is 0 Å². The molecule has 2 N–H and O–H groups in total. The fourth-order valence-corrected chi connectivity index (χ4v) is 2.39. The SMILES string of the molecule is C=CCN(C)CC1CCC(CN)CC1. The summed E-state index contributed by atoms with van der Waals surface area (Å²) < 4.78 is 0. The lowest BCUT2D eigenvalue weighted by atomic mass is 9.82. The van der Waals surface area contributed by atoms with Crippen LogP contribution in [0.5, 0.6) is 0 Å². The third kappa shape index (κ3) is 3.81. The average molecular weight is 196 g/mol. The van der Waals surface area contributed by atoms with Gasteiger partial charge >= 0.3 is 0 Å². The molecule has 14 heavy (non-hydrogen) atoms. The van der Waals surface area contributed by atoms with Gasteiger partial charge in [0.25, 0.3) is 0 Å². The molecule has 0 aliphatic heterocycles. The largest absolute Gasteiger partial charge is 0.330 e. The smallest absolute Gasteiger partial charge is 0.0157 e. The maximum Gasteiger partial charge on any atom is 0.0157 e. The highest BCUT2D eigenvalue weighted by Gasteiger charge is 2.20. The van der Waals surface area contributed by atoms with Crippen LogP contribution in [0.25, 0.3) is 0 Å². The maximum atomic E-state index is 5.67. The maximum absolute atomic E-state index is 5.67. The minimum Gasteiger partial charge on any atom is -0.330 e. The molecule has 2 nitrogen and oxygen atoms in total. The summed E-state index contributed by atoms with van der Waals surface area (Å²) in [5, 5.41) is 0. The molecule has 2 heteroatoms. The Morgan fingerprint density at radius 2 is 1.86 bits per heavy atom. The fraction of sp³-hybridized carbons (Fsp3) is 0.833. The number of likely N-dealkylation sites (N-methyl/N-ethyl adjacent to an activating group) is 1. The van der Waals surface area contributed by atoms with Crippen LogP contribution in [0.2, 0.25) is 0 Å². The second-order valence-electron chi connectivity index (χ2n) is 4.63. The van der Waals surface area contributed by atoms with E-state index in [-0.39, 0.29) is 0 Å². The normalized spacial score (nSPS) is 27.9. The highest BCUT2D eigenvalue weighted by atomic mass is 15.1. The van der Waals surface area contributed by atoms with Crippen molar-refractivity contribution in [1.29, 1.82) is 0 Å². The van der Waals surface area contributed by atoms with Crippen LogP contribution in [-0.4, -0.2) is 31.6 Å². The van der Waals surface area contributed by atoms with Crippen LogP contribution in [0.1, 0.15) is 25.7 Å². The molecule has 1 aliphatic rings. The first-order valence-electron chi connectivity index (χ1n) is 5.75. The predicted molar refractivity (Wildman–Crippen MR) is 62.2 cm³/mol. The standard InChI is InChI=1S/C12H24N2/c1-3-8-14(2)10-12-6-4-11(9-13)5-7-12/h3,11-12H,1,4-10,13H2,2H3. The van der Waals surface area contributed by atoms with Crippen molar-refractivity contribution in [2.24, 2.45) is 17.6 Å². The van der Waals surface area contributed by atoms with E-state index in [1.165, 1.54) is 32.2 Å². The number of nitrogens with zero attached hydrogens (tertiary/aromatic N) is 1. The van der Waals surface area contributed by atoms with Crippen molar-refractivity contribution in [3.8, 4) is 0 Å². The summed E-state index contributed by atoms with van der Waals surface area (Å²) in [7, 11) is 2.18. The Kier molecular flexibility index (Phi) is 5.20. The van der Waals surface area contributed by atoms with Gasteiger partial charge in [0.05, 0.1) is 0 Å². The molecular weight excluding hydrogens is 172 g/mol. The monoisotopic (exact) mass is 196 g/mol. The van der Waals surface area contributed by atoms with Crippen molar-refractivity contribution >= 4 is 0 Å². The lowest BCUT2D eigenvalue weighted by Crippen LogP contribution is -2.30. The molecule has 0 saturated heterocycles. The van der Waals surface area contributed by atoms with Crippen LogP contribution in [-0.2, 0) is 0 Å². The molecule has 0 heterocycles. The molecule has 0 radical (unpaired) electrons. The van der Waals surface area contributed by atoms with Crippen molar-refractivity contribution in [3.05, 3.63) is 12.7 Å². The zero-order chi connectivity index (χ0) is 10.4. The molecule has 0 atom stereocenters. The molecule has 1 aliphatic carbocycles. The van der Waals surface area contributed by atoms with Crippen molar-refractivity contribution in [1.82, 2.24) is 4.90 Å². The molecular formula is C12H24N2. The van der Waals surface area contributed by atoms with E-state index < -0.39 is 0 Å². The fourth-order valence-electron chi connectivity index (χ4n) is 2.39. The van der Waals surface area contributed by atoms with E-state index in [2.05, 4.69) is 18.5 Å². The first-order valence-corrected chi connectivity index (χ1v) is 5.75. The Hall–Kier alpha value is -0.340. The van der Waals surface area contributed by atoms with Crippen LogP contribution >= 0.6 is 0 Å². The van der Waals surface area contributed by atoms with Gasteiger partial charge in [-0.15, -0.1) is 6.58 Å². The summed E-state index contributed by atoms with van der Waals surface area (Å²) in [5.74, 6) is 1.69.